The molecule has 5 nitrogen and oxygen atoms in total. The minimum absolute atomic E-state index is 0.0213. The number of halogens is 1. The topological polar surface area (TPSA) is 68.0 Å². The molecule has 1 aromatic carbocycles. The van der Waals surface area contributed by atoms with Gasteiger partial charge in [0.2, 0.25) is 0 Å². The van der Waals surface area contributed by atoms with Crippen LogP contribution in [-0.2, 0) is 0 Å². The SMILES string of the molecule is CC(NC(=O)c1nnc(-c2ccccc2F)o1)c1cccs1. The number of rotatable bonds is 4. The Morgan fingerprint density at radius 1 is 1.27 bits per heavy atom. The summed E-state index contributed by atoms with van der Waals surface area (Å²) >= 11 is 1.54. The monoisotopic (exact) mass is 317 g/mol. The van der Waals surface area contributed by atoms with E-state index in [1.54, 1.807) is 23.5 Å². The number of aromatic nitrogens is 2. The highest BCUT2D eigenvalue weighted by molar-refractivity contribution is 7.10. The highest BCUT2D eigenvalue weighted by Gasteiger charge is 2.19. The first-order chi connectivity index (χ1) is 10.6. The van der Waals surface area contributed by atoms with Crippen LogP contribution in [0.5, 0.6) is 0 Å². The molecule has 7 heteroatoms. The Morgan fingerprint density at radius 2 is 2.09 bits per heavy atom. The van der Waals surface area contributed by atoms with Crippen LogP contribution in [0.4, 0.5) is 4.39 Å². The molecule has 2 heterocycles. The highest BCUT2D eigenvalue weighted by atomic mass is 32.1. The lowest BCUT2D eigenvalue weighted by Gasteiger charge is -2.09. The average molecular weight is 317 g/mol. The molecule has 2 aromatic heterocycles. The fourth-order valence-electron chi connectivity index (χ4n) is 1.93. The summed E-state index contributed by atoms with van der Waals surface area (Å²) in [5, 5.41) is 12.1. The Morgan fingerprint density at radius 3 is 2.82 bits per heavy atom. The summed E-state index contributed by atoms with van der Waals surface area (Å²) in [6, 6.07) is 9.68. The predicted octanol–water partition coefficient (Wildman–Crippen LogP) is 3.43. The van der Waals surface area contributed by atoms with Crippen molar-refractivity contribution < 1.29 is 13.6 Å². The molecular weight excluding hydrogens is 305 g/mol. The summed E-state index contributed by atoms with van der Waals surface area (Å²) in [4.78, 5) is 13.1. The van der Waals surface area contributed by atoms with Crippen molar-refractivity contribution in [3.8, 4) is 11.5 Å². The third-order valence-electron chi connectivity index (χ3n) is 3.04. The molecule has 0 spiro atoms. The minimum atomic E-state index is -0.490. The Kier molecular flexibility index (Phi) is 3.97. The predicted molar refractivity (Wildman–Crippen MR) is 79.9 cm³/mol. The second kappa shape index (κ2) is 6.07. The van der Waals surface area contributed by atoms with E-state index in [2.05, 4.69) is 15.5 Å². The number of carbonyl (C=O) groups is 1. The van der Waals surface area contributed by atoms with Gasteiger partial charge in [0.25, 0.3) is 5.89 Å². The lowest BCUT2D eigenvalue weighted by Crippen LogP contribution is -2.26. The van der Waals surface area contributed by atoms with E-state index in [1.165, 1.54) is 12.1 Å². The van der Waals surface area contributed by atoms with Gasteiger partial charge in [0.15, 0.2) is 0 Å². The van der Waals surface area contributed by atoms with Crippen molar-refractivity contribution in [1.29, 1.82) is 0 Å². The highest BCUT2D eigenvalue weighted by Crippen LogP contribution is 2.22. The van der Waals surface area contributed by atoms with Crippen molar-refractivity contribution >= 4 is 17.2 Å². The van der Waals surface area contributed by atoms with Crippen molar-refractivity contribution in [2.75, 3.05) is 0 Å². The maximum Gasteiger partial charge on any atom is 0.309 e. The third-order valence-corrected chi connectivity index (χ3v) is 4.10. The van der Waals surface area contributed by atoms with Gasteiger partial charge in [-0.3, -0.25) is 4.79 Å². The second-order valence-corrected chi connectivity index (χ2v) is 5.58. The maximum atomic E-state index is 13.7. The number of carbonyl (C=O) groups excluding carboxylic acids is 1. The molecule has 3 rings (SSSR count). The van der Waals surface area contributed by atoms with E-state index in [-0.39, 0.29) is 23.4 Å². The number of benzene rings is 1. The Hall–Kier alpha value is -2.54. The van der Waals surface area contributed by atoms with Crippen LogP contribution in [0.3, 0.4) is 0 Å². The van der Waals surface area contributed by atoms with Crippen molar-refractivity contribution in [2.45, 2.75) is 13.0 Å². The zero-order chi connectivity index (χ0) is 15.5. The van der Waals surface area contributed by atoms with Crippen molar-refractivity contribution in [2.24, 2.45) is 0 Å². The molecule has 0 saturated carbocycles. The van der Waals surface area contributed by atoms with Crippen LogP contribution < -0.4 is 5.32 Å². The van der Waals surface area contributed by atoms with Gasteiger partial charge >= 0.3 is 11.8 Å². The number of amides is 1. The van der Waals surface area contributed by atoms with Gasteiger partial charge in [-0.25, -0.2) is 4.39 Å². The molecular formula is C15H12FN3O2S. The molecule has 1 N–H and O–H groups in total. The molecule has 1 unspecified atom stereocenters. The minimum Gasteiger partial charge on any atom is -0.412 e. The summed E-state index contributed by atoms with van der Waals surface area (Å²) in [5.41, 5.74) is 0.167. The molecule has 0 aliphatic carbocycles. The number of hydrogen-bond acceptors (Lipinski definition) is 5. The molecule has 0 radical (unpaired) electrons. The van der Waals surface area contributed by atoms with Gasteiger partial charge in [0.05, 0.1) is 11.6 Å². The third kappa shape index (κ3) is 2.89. The van der Waals surface area contributed by atoms with Gasteiger partial charge in [-0.1, -0.05) is 18.2 Å². The molecule has 112 valence electrons. The van der Waals surface area contributed by atoms with Gasteiger partial charge in [0, 0.05) is 4.88 Å². The van der Waals surface area contributed by atoms with E-state index in [0.717, 1.165) is 4.88 Å². The van der Waals surface area contributed by atoms with E-state index in [9.17, 15) is 9.18 Å². The van der Waals surface area contributed by atoms with E-state index < -0.39 is 11.7 Å². The largest absolute Gasteiger partial charge is 0.412 e. The molecule has 3 aromatic rings. The first-order valence-electron chi connectivity index (χ1n) is 6.58. The molecule has 1 amide bonds. The number of hydrogen-bond donors (Lipinski definition) is 1. The summed E-state index contributed by atoms with van der Waals surface area (Å²) in [6.07, 6.45) is 0. The second-order valence-electron chi connectivity index (χ2n) is 4.60. The summed E-state index contributed by atoms with van der Waals surface area (Å²) in [5.74, 6) is -1.19. The summed E-state index contributed by atoms with van der Waals surface area (Å²) in [6.45, 7) is 1.86. The van der Waals surface area contributed by atoms with Crippen LogP contribution in [0.15, 0.2) is 46.2 Å². The van der Waals surface area contributed by atoms with Gasteiger partial charge in [-0.15, -0.1) is 21.5 Å². The zero-order valence-corrected chi connectivity index (χ0v) is 12.4. The first-order valence-corrected chi connectivity index (χ1v) is 7.46. The number of nitrogens with zero attached hydrogens (tertiary/aromatic N) is 2. The summed E-state index contributed by atoms with van der Waals surface area (Å²) < 4.78 is 18.9. The molecule has 0 saturated heterocycles. The van der Waals surface area contributed by atoms with Crippen LogP contribution in [0.2, 0.25) is 0 Å². The van der Waals surface area contributed by atoms with Crippen LogP contribution in [0, 0.1) is 5.82 Å². The van der Waals surface area contributed by atoms with E-state index in [4.69, 9.17) is 4.42 Å². The van der Waals surface area contributed by atoms with Crippen molar-refractivity contribution in [1.82, 2.24) is 15.5 Å². The fraction of sp³-hybridized carbons (Fsp3) is 0.133. The first kappa shape index (κ1) is 14.4. The van der Waals surface area contributed by atoms with Crippen LogP contribution in [0.1, 0.15) is 28.5 Å². The van der Waals surface area contributed by atoms with Crippen LogP contribution in [0.25, 0.3) is 11.5 Å². The van der Waals surface area contributed by atoms with Gasteiger partial charge in [-0.05, 0) is 30.5 Å². The Labute approximate surface area is 129 Å². The van der Waals surface area contributed by atoms with Crippen molar-refractivity contribution in [3.63, 3.8) is 0 Å². The summed E-state index contributed by atoms with van der Waals surface area (Å²) in [7, 11) is 0. The molecule has 0 aliphatic rings. The molecule has 1 atom stereocenters. The maximum absolute atomic E-state index is 13.7. The molecule has 0 fully saturated rings. The smallest absolute Gasteiger partial charge is 0.309 e. The van der Waals surface area contributed by atoms with Crippen molar-refractivity contribution in [3.05, 3.63) is 58.4 Å². The zero-order valence-electron chi connectivity index (χ0n) is 11.6. The van der Waals surface area contributed by atoms with E-state index >= 15 is 0 Å². The van der Waals surface area contributed by atoms with E-state index in [1.807, 2.05) is 24.4 Å². The van der Waals surface area contributed by atoms with Gasteiger partial charge in [0.1, 0.15) is 5.82 Å². The van der Waals surface area contributed by atoms with Gasteiger partial charge < -0.3 is 9.73 Å². The average Bonchev–Trinajstić information content (AvgIpc) is 3.19. The van der Waals surface area contributed by atoms with Gasteiger partial charge in [-0.2, -0.15) is 0 Å². The molecule has 0 bridgehead atoms. The number of thiophene rings is 1. The van der Waals surface area contributed by atoms with E-state index in [0.29, 0.717) is 0 Å². The Balaban J connectivity index is 1.76. The Bertz CT molecular complexity index is 786. The standard InChI is InChI=1S/C15H12FN3O2S/c1-9(12-7-4-8-22-12)17-13(20)15-19-18-14(21-15)10-5-2-3-6-11(10)16/h2-9H,1H3,(H,17,20). The molecule has 0 aliphatic heterocycles. The lowest BCUT2D eigenvalue weighted by molar-refractivity contribution is 0.0906. The fourth-order valence-corrected chi connectivity index (χ4v) is 2.66. The van der Waals surface area contributed by atoms with Crippen LogP contribution >= 0.6 is 11.3 Å². The normalized spacial score (nSPS) is 12.1. The molecule has 22 heavy (non-hydrogen) atoms. The quantitative estimate of drug-likeness (QED) is 0.800. The lowest BCUT2D eigenvalue weighted by atomic mass is 10.2. The number of nitrogens with one attached hydrogen (secondary N) is 1. The van der Waals surface area contributed by atoms with Crippen LogP contribution in [-0.4, -0.2) is 16.1 Å².